The number of aliphatic imine (C=N–C) groups is 1. The molecule has 1 saturated heterocycles. The molecule has 0 aromatic heterocycles. The third-order valence-corrected chi connectivity index (χ3v) is 3.75. The van der Waals surface area contributed by atoms with Crippen LogP contribution in [0.15, 0.2) is 4.99 Å². The SMILES string of the molecule is NC(=NCCN1C(=O)CNC1=O)NC1CCCCCC1. The molecule has 1 heterocycles. The number of amides is 3. The van der Waals surface area contributed by atoms with E-state index in [9.17, 15) is 9.59 Å². The van der Waals surface area contributed by atoms with E-state index in [1.54, 1.807) is 0 Å². The quantitative estimate of drug-likeness (QED) is 0.296. The zero-order chi connectivity index (χ0) is 14.4. The molecule has 7 heteroatoms. The molecule has 0 unspecified atom stereocenters. The van der Waals surface area contributed by atoms with Crippen LogP contribution in [-0.4, -0.2) is 48.5 Å². The number of nitrogens with two attached hydrogens (primary N) is 1. The van der Waals surface area contributed by atoms with Crippen molar-refractivity contribution in [3.05, 3.63) is 0 Å². The van der Waals surface area contributed by atoms with Gasteiger partial charge in [0.05, 0.1) is 19.6 Å². The number of hydrogen-bond donors (Lipinski definition) is 3. The molecular weight excluding hydrogens is 258 g/mol. The van der Waals surface area contributed by atoms with Gasteiger partial charge in [-0.2, -0.15) is 0 Å². The molecule has 1 saturated carbocycles. The number of rotatable bonds is 4. The van der Waals surface area contributed by atoms with E-state index < -0.39 is 0 Å². The Hall–Kier alpha value is -1.79. The molecule has 112 valence electrons. The van der Waals surface area contributed by atoms with Gasteiger partial charge < -0.3 is 16.4 Å². The Morgan fingerprint density at radius 2 is 2.00 bits per heavy atom. The maximum absolute atomic E-state index is 11.4. The van der Waals surface area contributed by atoms with Crippen LogP contribution in [0.3, 0.4) is 0 Å². The van der Waals surface area contributed by atoms with Gasteiger partial charge in [-0.1, -0.05) is 25.7 Å². The number of urea groups is 1. The summed E-state index contributed by atoms with van der Waals surface area (Å²) in [5, 5.41) is 5.70. The molecule has 4 N–H and O–H groups in total. The highest BCUT2D eigenvalue weighted by Crippen LogP contribution is 2.16. The molecule has 0 spiro atoms. The molecule has 0 aromatic carbocycles. The van der Waals surface area contributed by atoms with Gasteiger partial charge in [0.2, 0.25) is 5.91 Å². The minimum Gasteiger partial charge on any atom is -0.370 e. The van der Waals surface area contributed by atoms with E-state index >= 15 is 0 Å². The normalized spacial score (nSPS) is 21.8. The smallest absolute Gasteiger partial charge is 0.324 e. The molecule has 0 bridgehead atoms. The summed E-state index contributed by atoms with van der Waals surface area (Å²) in [6.07, 6.45) is 7.30. The van der Waals surface area contributed by atoms with E-state index in [-0.39, 0.29) is 25.0 Å². The highest BCUT2D eigenvalue weighted by Gasteiger charge is 2.27. The van der Waals surface area contributed by atoms with E-state index in [0.717, 1.165) is 12.8 Å². The van der Waals surface area contributed by atoms with E-state index in [1.807, 2.05) is 0 Å². The summed E-state index contributed by atoms with van der Waals surface area (Å²) in [5.41, 5.74) is 5.84. The number of nitrogens with one attached hydrogen (secondary N) is 2. The molecule has 1 aliphatic carbocycles. The summed E-state index contributed by atoms with van der Waals surface area (Å²) < 4.78 is 0. The molecule has 0 radical (unpaired) electrons. The molecule has 2 fully saturated rings. The minimum atomic E-state index is -0.347. The average Bonchev–Trinajstić information content (AvgIpc) is 2.64. The molecule has 2 aliphatic rings. The first kappa shape index (κ1) is 14.6. The number of hydrogen-bond acceptors (Lipinski definition) is 3. The van der Waals surface area contributed by atoms with Crippen molar-refractivity contribution in [2.75, 3.05) is 19.6 Å². The second-order valence-corrected chi connectivity index (χ2v) is 5.30. The highest BCUT2D eigenvalue weighted by atomic mass is 16.2. The second-order valence-electron chi connectivity index (χ2n) is 5.30. The predicted molar refractivity (Wildman–Crippen MR) is 76.2 cm³/mol. The van der Waals surface area contributed by atoms with E-state index in [0.29, 0.717) is 18.5 Å². The van der Waals surface area contributed by atoms with Gasteiger partial charge in [-0.25, -0.2) is 4.79 Å². The van der Waals surface area contributed by atoms with E-state index in [1.165, 1.54) is 30.6 Å². The van der Waals surface area contributed by atoms with Crippen LogP contribution < -0.4 is 16.4 Å². The minimum absolute atomic E-state index is 0.0817. The van der Waals surface area contributed by atoms with Gasteiger partial charge in [-0.3, -0.25) is 14.7 Å². The zero-order valence-electron chi connectivity index (χ0n) is 11.7. The number of imide groups is 1. The number of carbonyl (C=O) groups is 2. The molecule has 20 heavy (non-hydrogen) atoms. The van der Waals surface area contributed by atoms with Gasteiger partial charge in [0, 0.05) is 6.04 Å². The van der Waals surface area contributed by atoms with Crippen molar-refractivity contribution in [2.45, 2.75) is 44.6 Å². The molecule has 1 aliphatic heterocycles. The standard InChI is InChI=1S/C13H23N5O2/c14-12(17-10-5-3-1-2-4-6-10)15-7-8-18-11(19)9-16-13(18)20/h10H,1-9H2,(H,16,20)(H3,14,15,17). The summed E-state index contributed by atoms with van der Waals surface area (Å²) in [7, 11) is 0. The summed E-state index contributed by atoms with van der Waals surface area (Å²) in [6.45, 7) is 0.695. The Bertz CT molecular complexity index is 372. The van der Waals surface area contributed by atoms with Crippen molar-refractivity contribution in [1.82, 2.24) is 15.5 Å². The van der Waals surface area contributed by atoms with Crippen LogP contribution in [-0.2, 0) is 4.79 Å². The highest BCUT2D eigenvalue weighted by molar-refractivity contribution is 6.01. The van der Waals surface area contributed by atoms with Crippen LogP contribution in [0.4, 0.5) is 4.79 Å². The predicted octanol–water partition coefficient (Wildman–Crippen LogP) is 0.165. The maximum atomic E-state index is 11.4. The Morgan fingerprint density at radius 3 is 2.60 bits per heavy atom. The summed E-state index contributed by atoms with van der Waals surface area (Å²) in [4.78, 5) is 28.0. The van der Waals surface area contributed by atoms with Crippen LogP contribution in [0.25, 0.3) is 0 Å². The molecular formula is C13H23N5O2. The lowest BCUT2D eigenvalue weighted by Crippen LogP contribution is -2.40. The molecule has 0 aromatic rings. The van der Waals surface area contributed by atoms with Crippen LogP contribution in [0.1, 0.15) is 38.5 Å². The zero-order valence-corrected chi connectivity index (χ0v) is 11.7. The van der Waals surface area contributed by atoms with Gasteiger partial charge in [0.1, 0.15) is 0 Å². The number of guanidine groups is 1. The Balaban J connectivity index is 1.73. The lowest BCUT2D eigenvalue weighted by Gasteiger charge is -2.17. The van der Waals surface area contributed by atoms with Crippen LogP contribution >= 0.6 is 0 Å². The van der Waals surface area contributed by atoms with Crippen LogP contribution in [0.2, 0.25) is 0 Å². The monoisotopic (exact) mass is 281 g/mol. The van der Waals surface area contributed by atoms with Gasteiger partial charge in [0.25, 0.3) is 0 Å². The maximum Gasteiger partial charge on any atom is 0.324 e. The van der Waals surface area contributed by atoms with Crippen LogP contribution in [0, 0.1) is 0 Å². The van der Waals surface area contributed by atoms with Gasteiger partial charge in [0.15, 0.2) is 5.96 Å². The number of carbonyl (C=O) groups excluding carboxylic acids is 2. The fraction of sp³-hybridized carbons (Fsp3) is 0.769. The fourth-order valence-corrected chi connectivity index (χ4v) is 2.63. The van der Waals surface area contributed by atoms with Crippen molar-refractivity contribution in [2.24, 2.45) is 10.7 Å². The Kier molecular flexibility index (Phi) is 5.20. The average molecular weight is 281 g/mol. The Labute approximate surface area is 119 Å². The third kappa shape index (κ3) is 4.11. The van der Waals surface area contributed by atoms with Gasteiger partial charge in [-0.05, 0) is 12.8 Å². The number of nitrogens with zero attached hydrogens (tertiary/aromatic N) is 2. The second kappa shape index (κ2) is 7.12. The fourth-order valence-electron chi connectivity index (χ4n) is 2.63. The third-order valence-electron chi connectivity index (χ3n) is 3.75. The molecule has 0 atom stereocenters. The molecule has 3 amide bonds. The first-order valence-electron chi connectivity index (χ1n) is 7.31. The summed E-state index contributed by atoms with van der Waals surface area (Å²) >= 11 is 0. The van der Waals surface area contributed by atoms with E-state index in [4.69, 9.17) is 5.73 Å². The topological polar surface area (TPSA) is 99.8 Å². The summed E-state index contributed by atoms with van der Waals surface area (Å²) in [6, 6.07) is 0.0541. The Morgan fingerprint density at radius 1 is 1.30 bits per heavy atom. The van der Waals surface area contributed by atoms with Gasteiger partial charge >= 0.3 is 6.03 Å². The van der Waals surface area contributed by atoms with Crippen molar-refractivity contribution < 1.29 is 9.59 Å². The largest absolute Gasteiger partial charge is 0.370 e. The molecule has 7 nitrogen and oxygen atoms in total. The summed E-state index contributed by atoms with van der Waals surface area (Å²) in [5.74, 6) is 0.199. The first-order chi connectivity index (χ1) is 9.66. The first-order valence-corrected chi connectivity index (χ1v) is 7.31. The van der Waals surface area contributed by atoms with Crippen molar-refractivity contribution in [3.63, 3.8) is 0 Å². The van der Waals surface area contributed by atoms with Crippen LogP contribution in [0.5, 0.6) is 0 Å². The molecule has 2 rings (SSSR count). The van der Waals surface area contributed by atoms with Crippen molar-refractivity contribution in [1.29, 1.82) is 0 Å². The van der Waals surface area contributed by atoms with E-state index in [2.05, 4.69) is 15.6 Å². The van der Waals surface area contributed by atoms with Crippen molar-refractivity contribution in [3.8, 4) is 0 Å². The van der Waals surface area contributed by atoms with Gasteiger partial charge in [-0.15, -0.1) is 0 Å². The van der Waals surface area contributed by atoms with Crippen molar-refractivity contribution >= 4 is 17.9 Å². The lowest BCUT2D eigenvalue weighted by molar-refractivity contribution is -0.124. The lowest BCUT2D eigenvalue weighted by atomic mass is 10.1.